The normalized spacial score (nSPS) is 15.6. The Balaban J connectivity index is 1.81. The average molecular weight is 458 g/mol. The lowest BCUT2D eigenvalue weighted by Gasteiger charge is -2.24. The van der Waals surface area contributed by atoms with Crippen LogP contribution in [0.2, 0.25) is 15.1 Å². The molecule has 0 saturated heterocycles. The summed E-state index contributed by atoms with van der Waals surface area (Å²) in [5, 5.41) is 1.68. The number of amides is 1. The van der Waals surface area contributed by atoms with Crippen molar-refractivity contribution in [1.29, 1.82) is 0 Å². The molecule has 0 radical (unpaired) electrons. The molecule has 0 fully saturated rings. The van der Waals surface area contributed by atoms with E-state index in [2.05, 4.69) is 4.98 Å². The third-order valence-electron chi connectivity index (χ3n) is 4.98. The summed E-state index contributed by atoms with van der Waals surface area (Å²) in [6.07, 6.45) is 1.44. The smallest absolute Gasteiger partial charge is 0.296 e. The molecule has 30 heavy (non-hydrogen) atoms. The van der Waals surface area contributed by atoms with Gasteiger partial charge in [0.15, 0.2) is 5.43 Å². The highest BCUT2D eigenvalue weighted by molar-refractivity contribution is 6.31. The summed E-state index contributed by atoms with van der Waals surface area (Å²) in [6.45, 7) is 0. The van der Waals surface area contributed by atoms with Crippen LogP contribution in [-0.4, -0.2) is 10.9 Å². The number of fused-ring (bicyclic) bond motifs is 2. The molecule has 1 atom stereocenters. The van der Waals surface area contributed by atoms with Crippen LogP contribution in [-0.2, 0) is 0 Å². The maximum atomic E-state index is 13.4. The van der Waals surface area contributed by atoms with Crippen molar-refractivity contribution in [3.63, 3.8) is 0 Å². The lowest BCUT2D eigenvalue weighted by Crippen LogP contribution is -2.30. The fourth-order valence-electron chi connectivity index (χ4n) is 3.65. The zero-order chi connectivity index (χ0) is 21.0. The molecule has 5 nitrogen and oxygen atoms in total. The number of pyridine rings is 1. The number of anilines is 1. The van der Waals surface area contributed by atoms with E-state index < -0.39 is 11.9 Å². The van der Waals surface area contributed by atoms with E-state index in [0.29, 0.717) is 31.8 Å². The van der Waals surface area contributed by atoms with E-state index in [1.807, 2.05) is 0 Å². The van der Waals surface area contributed by atoms with Gasteiger partial charge in [-0.15, -0.1) is 0 Å². The number of hydrogen-bond acceptors (Lipinski definition) is 4. The lowest BCUT2D eigenvalue weighted by atomic mass is 9.98. The second kappa shape index (κ2) is 7.13. The van der Waals surface area contributed by atoms with Crippen molar-refractivity contribution in [3.05, 3.63) is 103 Å². The van der Waals surface area contributed by atoms with Crippen molar-refractivity contribution in [2.45, 2.75) is 6.04 Å². The van der Waals surface area contributed by atoms with Gasteiger partial charge in [0.1, 0.15) is 11.4 Å². The van der Waals surface area contributed by atoms with Crippen LogP contribution in [0.1, 0.15) is 27.7 Å². The third-order valence-corrected chi connectivity index (χ3v) is 5.69. The Bertz CT molecular complexity index is 1370. The zero-order valence-corrected chi connectivity index (χ0v) is 17.4. The number of carbonyl (C=O) groups excluding carboxylic acids is 1. The number of carbonyl (C=O) groups is 1. The molecule has 2 aromatic heterocycles. The number of aromatic nitrogens is 1. The SMILES string of the molecule is O=C1c2oc3ccc(Cl)cc3c(=O)c2C(c2ccc(Cl)cc2)N1c1ccc(Cl)cn1. The van der Waals surface area contributed by atoms with Crippen molar-refractivity contribution >= 4 is 57.5 Å². The first-order valence-corrected chi connectivity index (χ1v) is 10.0. The fraction of sp³-hybridized carbons (Fsp3) is 0.0455. The van der Waals surface area contributed by atoms with Crippen LogP contribution in [0.3, 0.4) is 0 Å². The van der Waals surface area contributed by atoms with Gasteiger partial charge >= 0.3 is 0 Å². The molecule has 148 valence electrons. The molecule has 0 aliphatic carbocycles. The van der Waals surface area contributed by atoms with Gasteiger partial charge in [-0.2, -0.15) is 0 Å². The van der Waals surface area contributed by atoms with Crippen LogP contribution in [0.15, 0.2) is 70.0 Å². The molecule has 1 aliphatic rings. The minimum Gasteiger partial charge on any atom is -0.450 e. The third kappa shape index (κ3) is 2.98. The van der Waals surface area contributed by atoms with Crippen LogP contribution in [0.4, 0.5) is 5.82 Å². The zero-order valence-electron chi connectivity index (χ0n) is 15.1. The number of nitrogens with zero attached hydrogens (tertiary/aromatic N) is 2. The summed E-state index contributed by atoms with van der Waals surface area (Å²) in [7, 11) is 0. The van der Waals surface area contributed by atoms with E-state index in [-0.39, 0.29) is 22.3 Å². The summed E-state index contributed by atoms with van der Waals surface area (Å²) in [4.78, 5) is 32.5. The highest BCUT2D eigenvalue weighted by atomic mass is 35.5. The lowest BCUT2D eigenvalue weighted by molar-refractivity contribution is 0.0970. The van der Waals surface area contributed by atoms with Gasteiger partial charge in [0.25, 0.3) is 5.91 Å². The average Bonchev–Trinajstić information content (AvgIpc) is 3.03. The van der Waals surface area contributed by atoms with Crippen LogP contribution in [0, 0.1) is 0 Å². The fourth-order valence-corrected chi connectivity index (χ4v) is 4.06. The van der Waals surface area contributed by atoms with Gasteiger partial charge in [-0.3, -0.25) is 14.5 Å². The molecule has 8 heteroatoms. The van der Waals surface area contributed by atoms with E-state index >= 15 is 0 Å². The first-order valence-electron chi connectivity index (χ1n) is 8.91. The summed E-state index contributed by atoms with van der Waals surface area (Å²) in [5.41, 5.74) is 0.890. The molecule has 3 heterocycles. The summed E-state index contributed by atoms with van der Waals surface area (Å²) in [5.74, 6) is -0.141. The van der Waals surface area contributed by atoms with Gasteiger partial charge in [0.05, 0.1) is 22.0 Å². The first-order chi connectivity index (χ1) is 14.4. The van der Waals surface area contributed by atoms with Gasteiger partial charge in [0.2, 0.25) is 5.76 Å². The van der Waals surface area contributed by atoms with Crippen molar-refractivity contribution < 1.29 is 9.21 Å². The second-order valence-corrected chi connectivity index (χ2v) is 8.09. The largest absolute Gasteiger partial charge is 0.450 e. The monoisotopic (exact) mass is 456 g/mol. The van der Waals surface area contributed by atoms with Crippen LogP contribution in [0.5, 0.6) is 0 Å². The first kappa shape index (κ1) is 19.1. The Morgan fingerprint density at radius 1 is 0.867 bits per heavy atom. The summed E-state index contributed by atoms with van der Waals surface area (Å²) in [6, 6.07) is 14.2. The van der Waals surface area contributed by atoms with E-state index in [4.69, 9.17) is 39.2 Å². The highest BCUT2D eigenvalue weighted by Crippen LogP contribution is 2.41. The maximum Gasteiger partial charge on any atom is 0.296 e. The van der Waals surface area contributed by atoms with E-state index in [1.54, 1.807) is 48.5 Å². The molecule has 1 amide bonds. The molecule has 1 aliphatic heterocycles. The Morgan fingerprint density at radius 2 is 1.57 bits per heavy atom. The maximum absolute atomic E-state index is 13.4. The number of benzene rings is 2. The van der Waals surface area contributed by atoms with Gasteiger partial charge in [0, 0.05) is 16.2 Å². The van der Waals surface area contributed by atoms with Gasteiger partial charge < -0.3 is 4.42 Å². The molecule has 0 spiro atoms. The number of rotatable bonds is 2. The molecule has 0 N–H and O–H groups in total. The molecular formula is C22H11Cl3N2O3. The second-order valence-electron chi connectivity index (χ2n) is 6.78. The van der Waals surface area contributed by atoms with Crippen molar-refractivity contribution in [2.75, 3.05) is 4.90 Å². The highest BCUT2D eigenvalue weighted by Gasteiger charge is 2.44. The Morgan fingerprint density at radius 3 is 2.27 bits per heavy atom. The molecule has 5 rings (SSSR count). The van der Waals surface area contributed by atoms with Crippen LogP contribution in [0.25, 0.3) is 11.0 Å². The van der Waals surface area contributed by atoms with Crippen molar-refractivity contribution in [3.8, 4) is 0 Å². The minimum atomic E-state index is -0.738. The summed E-state index contributed by atoms with van der Waals surface area (Å²) < 4.78 is 5.87. The molecule has 4 aromatic rings. The topological polar surface area (TPSA) is 63.4 Å². The molecule has 0 bridgehead atoms. The van der Waals surface area contributed by atoms with Crippen LogP contribution < -0.4 is 10.3 Å². The van der Waals surface area contributed by atoms with Crippen molar-refractivity contribution in [1.82, 2.24) is 4.98 Å². The number of halogens is 3. The van der Waals surface area contributed by atoms with E-state index in [1.165, 1.54) is 17.2 Å². The Kier molecular flexibility index (Phi) is 4.54. The quantitative estimate of drug-likeness (QED) is 0.376. The molecular weight excluding hydrogens is 447 g/mol. The molecule has 1 unspecified atom stereocenters. The van der Waals surface area contributed by atoms with Gasteiger partial charge in [-0.05, 0) is 48.0 Å². The van der Waals surface area contributed by atoms with Crippen LogP contribution >= 0.6 is 34.8 Å². The number of hydrogen-bond donors (Lipinski definition) is 0. The predicted molar refractivity (Wildman–Crippen MR) is 117 cm³/mol. The van der Waals surface area contributed by atoms with Gasteiger partial charge in [-0.1, -0.05) is 46.9 Å². The van der Waals surface area contributed by atoms with E-state index in [9.17, 15) is 9.59 Å². The Hall–Kier alpha value is -2.86. The standard InChI is InChI=1S/C22H11Cl3N2O3/c23-12-3-1-11(2-4-12)19-18-20(28)15-9-13(24)5-7-16(15)30-21(18)22(29)27(19)17-8-6-14(25)10-26-17/h1-10,19H. The van der Waals surface area contributed by atoms with Gasteiger partial charge in [-0.25, -0.2) is 4.98 Å². The van der Waals surface area contributed by atoms with E-state index in [0.717, 1.165) is 0 Å². The molecule has 0 saturated carbocycles. The Labute approximate surface area is 185 Å². The molecule has 2 aromatic carbocycles. The summed E-state index contributed by atoms with van der Waals surface area (Å²) >= 11 is 18.1. The minimum absolute atomic E-state index is 0.0217. The predicted octanol–water partition coefficient (Wildman–Crippen LogP) is 5.90. The van der Waals surface area contributed by atoms with Crippen molar-refractivity contribution in [2.24, 2.45) is 0 Å².